The number of hydrogen-bond acceptors (Lipinski definition) is 6. The van der Waals surface area contributed by atoms with E-state index < -0.39 is 0 Å². The van der Waals surface area contributed by atoms with Crippen LogP contribution in [0.15, 0.2) is 152 Å². The number of thiophene rings is 2. The predicted molar refractivity (Wildman–Crippen MR) is 210 cm³/mol. The van der Waals surface area contributed by atoms with Gasteiger partial charge in [0, 0.05) is 40.3 Å². The molecule has 4 aromatic heterocycles. The summed E-state index contributed by atoms with van der Waals surface area (Å²) in [6.45, 7) is 0. The first-order valence-electron chi connectivity index (χ1n) is 16.3. The van der Waals surface area contributed by atoms with Crippen LogP contribution in [0.1, 0.15) is 0 Å². The number of benzene rings is 7. The topological polar surface area (TPSA) is 60.4 Å². The highest BCUT2D eigenvalue weighted by Crippen LogP contribution is 2.42. The van der Waals surface area contributed by atoms with Crippen molar-refractivity contribution in [3.05, 3.63) is 154 Å². The fraction of sp³-hybridized carbons (Fsp3) is 0. The van der Waals surface area contributed by atoms with Crippen molar-refractivity contribution < 1.29 is 8.83 Å². The molecule has 4 nitrogen and oxygen atoms in total. The second kappa shape index (κ2) is 10.2. The van der Waals surface area contributed by atoms with Gasteiger partial charge in [-0.25, -0.2) is 0 Å². The average molecular weight is 679 g/mol. The standard InChI is InChI=1S/C44H22O4S2/c45-40-31-17-15-24(26-10-6-12-30-28-8-2-4-14-38(28)50-44(26)30)22-36(31)48-42-33(40)19-20-34-39(42)41(46)32-18-16-23(21-35(32)47-34)25-9-5-11-29-27-7-1-3-13-37(27)49-43(25)29/h1-22H. The molecule has 0 N–H and O–H groups in total. The normalized spacial score (nSPS) is 12.2. The fourth-order valence-corrected chi connectivity index (χ4v) is 10.0. The zero-order chi connectivity index (χ0) is 33.1. The SMILES string of the molecule is O=c1c2ccc(-c3cccc4c3sc3ccccc34)cc2oc2c1ccc1oc3cc(-c4cccc5c4sc4ccccc45)ccc3c(=O)c12. The molecule has 0 saturated carbocycles. The lowest BCUT2D eigenvalue weighted by atomic mass is 10.00. The van der Waals surface area contributed by atoms with E-state index in [9.17, 15) is 9.59 Å². The van der Waals surface area contributed by atoms with Crippen molar-refractivity contribution in [3.63, 3.8) is 0 Å². The van der Waals surface area contributed by atoms with Gasteiger partial charge in [-0.15, -0.1) is 22.7 Å². The lowest BCUT2D eigenvalue weighted by molar-refractivity contribution is 0.649. The Bertz CT molecular complexity index is 3380. The Morgan fingerprint density at radius 1 is 0.400 bits per heavy atom. The molecule has 0 unspecified atom stereocenters. The molecule has 0 aliphatic rings. The Balaban J connectivity index is 1.11. The van der Waals surface area contributed by atoms with Crippen LogP contribution in [-0.4, -0.2) is 0 Å². The molecule has 11 aromatic rings. The molecule has 6 heteroatoms. The van der Waals surface area contributed by atoms with E-state index in [0.29, 0.717) is 32.9 Å². The molecule has 0 saturated heterocycles. The zero-order valence-corrected chi connectivity index (χ0v) is 27.8. The summed E-state index contributed by atoms with van der Waals surface area (Å²) >= 11 is 3.52. The highest BCUT2D eigenvalue weighted by molar-refractivity contribution is 7.26. The van der Waals surface area contributed by atoms with Gasteiger partial charge in [-0.3, -0.25) is 9.59 Å². The van der Waals surface area contributed by atoms with Crippen LogP contribution in [0.5, 0.6) is 0 Å². The first kappa shape index (κ1) is 27.8. The molecule has 50 heavy (non-hydrogen) atoms. The molecule has 11 rings (SSSR count). The van der Waals surface area contributed by atoms with Crippen LogP contribution in [0.3, 0.4) is 0 Å². The summed E-state index contributed by atoms with van der Waals surface area (Å²) in [6.07, 6.45) is 0. The van der Waals surface area contributed by atoms with Crippen molar-refractivity contribution in [2.75, 3.05) is 0 Å². The Morgan fingerprint density at radius 2 is 0.920 bits per heavy atom. The van der Waals surface area contributed by atoms with E-state index in [1.165, 1.54) is 40.3 Å². The maximum atomic E-state index is 14.2. The first-order valence-corrected chi connectivity index (χ1v) is 18.0. The van der Waals surface area contributed by atoms with Crippen molar-refractivity contribution in [1.29, 1.82) is 0 Å². The van der Waals surface area contributed by atoms with Gasteiger partial charge in [-0.1, -0.05) is 84.9 Å². The van der Waals surface area contributed by atoms with E-state index >= 15 is 0 Å². The molecule has 7 aromatic carbocycles. The monoisotopic (exact) mass is 678 g/mol. The molecule has 0 aliphatic heterocycles. The third kappa shape index (κ3) is 3.86. The molecule has 0 aliphatic carbocycles. The van der Waals surface area contributed by atoms with Gasteiger partial charge < -0.3 is 8.83 Å². The summed E-state index contributed by atoms with van der Waals surface area (Å²) in [7, 11) is 0. The third-order valence-corrected chi connectivity index (χ3v) is 12.3. The highest BCUT2D eigenvalue weighted by Gasteiger charge is 2.19. The summed E-state index contributed by atoms with van der Waals surface area (Å²) in [4.78, 5) is 28.1. The summed E-state index contributed by atoms with van der Waals surface area (Å²) in [5.41, 5.74) is 5.19. The van der Waals surface area contributed by atoms with E-state index in [4.69, 9.17) is 8.83 Å². The Morgan fingerprint density at radius 3 is 1.54 bits per heavy atom. The van der Waals surface area contributed by atoms with Crippen LogP contribution < -0.4 is 10.9 Å². The second-order valence-electron chi connectivity index (χ2n) is 12.7. The molecule has 4 heterocycles. The van der Waals surface area contributed by atoms with Gasteiger partial charge >= 0.3 is 0 Å². The smallest absolute Gasteiger partial charge is 0.204 e. The van der Waals surface area contributed by atoms with Gasteiger partial charge in [0.05, 0.1) is 16.2 Å². The van der Waals surface area contributed by atoms with Gasteiger partial charge in [0.15, 0.2) is 5.58 Å². The minimum Gasteiger partial charge on any atom is -0.456 e. The minimum absolute atomic E-state index is 0.180. The second-order valence-corrected chi connectivity index (χ2v) is 14.8. The van der Waals surface area contributed by atoms with Crippen molar-refractivity contribution >= 4 is 107 Å². The molecule has 0 atom stereocenters. The third-order valence-electron chi connectivity index (χ3n) is 9.91. The molecule has 0 amide bonds. The minimum atomic E-state index is -0.229. The fourth-order valence-electron chi connectivity index (χ4n) is 7.53. The number of fused-ring (bicyclic) bond motifs is 11. The molecular formula is C44H22O4S2. The van der Waals surface area contributed by atoms with Crippen LogP contribution >= 0.6 is 22.7 Å². The summed E-state index contributed by atoms with van der Waals surface area (Å²) < 4.78 is 17.8. The van der Waals surface area contributed by atoms with Crippen molar-refractivity contribution in [2.45, 2.75) is 0 Å². The van der Waals surface area contributed by atoms with Gasteiger partial charge in [-0.2, -0.15) is 0 Å². The van der Waals surface area contributed by atoms with Crippen LogP contribution in [0, 0.1) is 0 Å². The molecule has 0 radical (unpaired) electrons. The van der Waals surface area contributed by atoms with Crippen molar-refractivity contribution in [1.82, 2.24) is 0 Å². The first-order chi connectivity index (χ1) is 24.6. The van der Waals surface area contributed by atoms with E-state index in [2.05, 4.69) is 84.9 Å². The molecular weight excluding hydrogens is 657 g/mol. The Labute approximate surface area is 290 Å². The number of hydrogen-bond donors (Lipinski definition) is 0. The molecule has 234 valence electrons. The summed E-state index contributed by atoms with van der Waals surface area (Å²) in [5, 5.41) is 6.39. The summed E-state index contributed by atoms with van der Waals surface area (Å²) in [6, 6.07) is 44.4. The molecule has 0 spiro atoms. The van der Waals surface area contributed by atoms with E-state index in [1.807, 2.05) is 36.4 Å². The molecule has 0 bridgehead atoms. The quantitative estimate of drug-likeness (QED) is 0.135. The molecule has 0 fully saturated rings. The Hall–Kier alpha value is -6.08. The number of rotatable bonds is 2. The zero-order valence-electron chi connectivity index (χ0n) is 26.2. The van der Waals surface area contributed by atoms with Crippen LogP contribution in [0.4, 0.5) is 0 Å². The van der Waals surface area contributed by atoms with Gasteiger partial charge in [-0.05, 0) is 70.8 Å². The van der Waals surface area contributed by atoms with E-state index in [0.717, 1.165) is 22.3 Å². The van der Waals surface area contributed by atoms with Gasteiger partial charge in [0.1, 0.15) is 22.1 Å². The van der Waals surface area contributed by atoms with Crippen LogP contribution in [0.2, 0.25) is 0 Å². The van der Waals surface area contributed by atoms with Gasteiger partial charge in [0.25, 0.3) is 0 Å². The lowest BCUT2D eigenvalue weighted by Crippen LogP contribution is -2.07. The largest absolute Gasteiger partial charge is 0.456 e. The van der Waals surface area contributed by atoms with Crippen LogP contribution in [0.25, 0.3) is 106 Å². The highest BCUT2D eigenvalue weighted by atomic mass is 32.1. The van der Waals surface area contributed by atoms with Crippen molar-refractivity contribution in [2.24, 2.45) is 0 Å². The maximum absolute atomic E-state index is 14.2. The summed E-state index contributed by atoms with van der Waals surface area (Å²) in [5.74, 6) is 0. The van der Waals surface area contributed by atoms with E-state index in [1.54, 1.807) is 34.8 Å². The average Bonchev–Trinajstić information content (AvgIpc) is 3.73. The maximum Gasteiger partial charge on any atom is 0.204 e. The van der Waals surface area contributed by atoms with Crippen LogP contribution in [-0.2, 0) is 0 Å². The Kier molecular flexibility index (Phi) is 5.69. The predicted octanol–water partition coefficient (Wildman–Crippen LogP) is 12.3. The van der Waals surface area contributed by atoms with Crippen molar-refractivity contribution in [3.8, 4) is 22.3 Å². The van der Waals surface area contributed by atoms with Gasteiger partial charge in [0.2, 0.25) is 10.9 Å². The lowest BCUT2D eigenvalue weighted by Gasteiger charge is -2.09. The van der Waals surface area contributed by atoms with E-state index in [-0.39, 0.29) is 21.8 Å².